The summed E-state index contributed by atoms with van der Waals surface area (Å²) in [6.45, 7) is 0. The summed E-state index contributed by atoms with van der Waals surface area (Å²) in [6, 6.07) is 10.5. The molecule has 0 atom stereocenters. The van der Waals surface area contributed by atoms with Gasteiger partial charge in [-0.25, -0.2) is 4.98 Å². The molecule has 0 saturated carbocycles. The average molecular weight is 388 g/mol. The van der Waals surface area contributed by atoms with Crippen molar-refractivity contribution in [3.8, 4) is 17.7 Å². The summed E-state index contributed by atoms with van der Waals surface area (Å²) in [5.41, 5.74) is 0.401. The Labute approximate surface area is 126 Å². The number of nitriles is 1. The summed E-state index contributed by atoms with van der Waals surface area (Å²) in [6.07, 6.45) is 0. The Kier molecular flexibility index (Phi) is 4.23. The quantitative estimate of drug-likeness (QED) is 0.686. The summed E-state index contributed by atoms with van der Waals surface area (Å²) in [7, 11) is 0. The molecular weight excluding hydrogens is 383 g/mol. The molecule has 0 spiro atoms. The standard InChI is InChI=1S/C12H5Br2ClN2O/c13-8-1-2-10(9(14)5-8)18-12-4-7(6-16)3-11(15)17-12/h1-5H. The van der Waals surface area contributed by atoms with E-state index in [9.17, 15) is 0 Å². The number of nitrogens with zero attached hydrogens (tertiary/aromatic N) is 2. The summed E-state index contributed by atoms with van der Waals surface area (Å²) in [5, 5.41) is 9.06. The van der Waals surface area contributed by atoms with Crippen LogP contribution in [0.15, 0.2) is 39.3 Å². The van der Waals surface area contributed by atoms with E-state index >= 15 is 0 Å². The van der Waals surface area contributed by atoms with Crippen molar-refractivity contribution >= 4 is 43.5 Å². The first-order valence-corrected chi connectivity index (χ1v) is 6.75. The number of pyridine rings is 1. The van der Waals surface area contributed by atoms with Crippen molar-refractivity contribution in [2.75, 3.05) is 0 Å². The molecule has 0 saturated heterocycles. The van der Waals surface area contributed by atoms with Gasteiger partial charge in [-0.1, -0.05) is 27.5 Å². The zero-order valence-corrected chi connectivity index (χ0v) is 12.8. The Morgan fingerprint density at radius 2 is 2.00 bits per heavy atom. The third-order valence-electron chi connectivity index (χ3n) is 2.01. The maximum atomic E-state index is 8.84. The van der Waals surface area contributed by atoms with Gasteiger partial charge in [-0.15, -0.1) is 0 Å². The van der Waals surface area contributed by atoms with Crippen molar-refractivity contribution < 1.29 is 4.74 Å². The molecule has 0 aliphatic carbocycles. The first-order valence-electron chi connectivity index (χ1n) is 4.79. The summed E-state index contributed by atoms with van der Waals surface area (Å²) in [4.78, 5) is 4.00. The SMILES string of the molecule is N#Cc1cc(Cl)nc(Oc2ccc(Br)cc2Br)c1. The molecule has 0 aliphatic rings. The molecule has 1 heterocycles. The lowest BCUT2D eigenvalue weighted by atomic mass is 10.3. The number of hydrogen-bond acceptors (Lipinski definition) is 3. The highest BCUT2D eigenvalue weighted by Crippen LogP contribution is 2.32. The number of aromatic nitrogens is 1. The van der Waals surface area contributed by atoms with Gasteiger partial charge >= 0.3 is 0 Å². The largest absolute Gasteiger partial charge is 0.438 e. The van der Waals surface area contributed by atoms with Gasteiger partial charge in [-0.3, -0.25) is 0 Å². The minimum absolute atomic E-state index is 0.220. The van der Waals surface area contributed by atoms with Crippen LogP contribution >= 0.6 is 43.5 Å². The van der Waals surface area contributed by atoms with Crippen LogP contribution in [0.2, 0.25) is 5.15 Å². The van der Waals surface area contributed by atoms with Crippen LogP contribution in [0.4, 0.5) is 0 Å². The van der Waals surface area contributed by atoms with Gasteiger partial charge in [-0.2, -0.15) is 5.26 Å². The molecule has 0 aliphatic heterocycles. The lowest BCUT2D eigenvalue weighted by Crippen LogP contribution is -1.90. The van der Waals surface area contributed by atoms with Crippen LogP contribution < -0.4 is 4.74 Å². The Balaban J connectivity index is 2.34. The number of ether oxygens (including phenoxy) is 1. The van der Waals surface area contributed by atoms with Gasteiger partial charge in [0.2, 0.25) is 5.88 Å². The first kappa shape index (κ1) is 13.3. The monoisotopic (exact) mass is 386 g/mol. The van der Waals surface area contributed by atoms with E-state index < -0.39 is 0 Å². The second-order valence-corrected chi connectivity index (χ2v) is 5.46. The van der Waals surface area contributed by atoms with Crippen molar-refractivity contribution in [3.05, 3.63) is 50.0 Å². The van der Waals surface area contributed by atoms with E-state index in [1.54, 1.807) is 6.07 Å². The highest BCUT2D eigenvalue weighted by molar-refractivity contribution is 9.11. The predicted octanol–water partition coefficient (Wildman–Crippen LogP) is 4.92. The smallest absolute Gasteiger partial charge is 0.222 e. The molecule has 0 unspecified atom stereocenters. The molecule has 0 fully saturated rings. The molecule has 18 heavy (non-hydrogen) atoms. The summed E-state index contributed by atoms with van der Waals surface area (Å²) in [5.74, 6) is 0.874. The number of benzene rings is 1. The molecule has 1 aromatic heterocycles. The highest BCUT2D eigenvalue weighted by Gasteiger charge is 2.07. The van der Waals surface area contributed by atoms with Crippen LogP contribution in [-0.2, 0) is 0 Å². The van der Waals surface area contributed by atoms with E-state index in [1.165, 1.54) is 12.1 Å². The Bertz CT molecular complexity index is 640. The molecule has 1 aromatic carbocycles. The fraction of sp³-hybridized carbons (Fsp3) is 0. The van der Waals surface area contributed by atoms with Crippen molar-refractivity contribution in [2.45, 2.75) is 0 Å². The van der Waals surface area contributed by atoms with Crippen LogP contribution in [0.25, 0.3) is 0 Å². The third-order valence-corrected chi connectivity index (χ3v) is 3.31. The van der Waals surface area contributed by atoms with E-state index in [2.05, 4.69) is 36.8 Å². The molecule has 2 rings (SSSR count). The van der Waals surface area contributed by atoms with E-state index in [1.807, 2.05) is 18.2 Å². The fourth-order valence-electron chi connectivity index (χ4n) is 1.26. The fourth-order valence-corrected chi connectivity index (χ4v) is 2.59. The van der Waals surface area contributed by atoms with Gasteiger partial charge in [0.05, 0.1) is 16.1 Å². The van der Waals surface area contributed by atoms with Crippen LogP contribution in [0.1, 0.15) is 5.56 Å². The van der Waals surface area contributed by atoms with Crippen molar-refractivity contribution in [2.24, 2.45) is 0 Å². The summed E-state index contributed by atoms with van der Waals surface area (Å²) >= 11 is 12.5. The topological polar surface area (TPSA) is 45.9 Å². The van der Waals surface area contributed by atoms with Gasteiger partial charge in [0.25, 0.3) is 0 Å². The molecular formula is C12H5Br2ClN2O. The molecule has 0 radical (unpaired) electrons. The van der Waals surface area contributed by atoms with Crippen LogP contribution in [0.3, 0.4) is 0 Å². The Morgan fingerprint density at radius 1 is 1.22 bits per heavy atom. The maximum absolute atomic E-state index is 8.84. The third kappa shape index (κ3) is 3.22. The summed E-state index contributed by atoms with van der Waals surface area (Å²) < 4.78 is 7.28. The lowest BCUT2D eigenvalue weighted by molar-refractivity contribution is 0.460. The first-order chi connectivity index (χ1) is 8.58. The number of hydrogen-bond donors (Lipinski definition) is 0. The highest BCUT2D eigenvalue weighted by atomic mass is 79.9. The molecule has 2 aromatic rings. The van der Waals surface area contributed by atoms with Crippen molar-refractivity contribution in [1.29, 1.82) is 5.26 Å². The van der Waals surface area contributed by atoms with Crippen LogP contribution in [0.5, 0.6) is 11.6 Å². The average Bonchev–Trinajstić information content (AvgIpc) is 2.32. The second-order valence-electron chi connectivity index (χ2n) is 3.31. The normalized spacial score (nSPS) is 9.89. The van der Waals surface area contributed by atoms with Gasteiger partial charge in [0.1, 0.15) is 10.9 Å². The van der Waals surface area contributed by atoms with Crippen molar-refractivity contribution in [1.82, 2.24) is 4.98 Å². The van der Waals surface area contributed by atoms with Crippen molar-refractivity contribution in [3.63, 3.8) is 0 Å². The van der Waals surface area contributed by atoms with Gasteiger partial charge in [-0.05, 0) is 40.2 Å². The predicted molar refractivity (Wildman–Crippen MR) is 75.9 cm³/mol. The number of halogens is 3. The van der Waals surface area contributed by atoms with E-state index in [0.717, 1.165) is 8.95 Å². The Hall–Kier alpha value is -1.09. The Morgan fingerprint density at radius 3 is 2.67 bits per heavy atom. The van der Waals surface area contributed by atoms with Gasteiger partial charge in [0, 0.05) is 10.5 Å². The molecule has 90 valence electrons. The lowest BCUT2D eigenvalue weighted by Gasteiger charge is -2.07. The van der Waals surface area contributed by atoms with Crippen LogP contribution in [-0.4, -0.2) is 4.98 Å². The van der Waals surface area contributed by atoms with E-state index in [0.29, 0.717) is 11.3 Å². The van der Waals surface area contributed by atoms with Gasteiger partial charge < -0.3 is 4.74 Å². The molecule has 3 nitrogen and oxygen atoms in total. The molecule has 0 N–H and O–H groups in total. The van der Waals surface area contributed by atoms with E-state index in [4.69, 9.17) is 21.6 Å². The van der Waals surface area contributed by atoms with E-state index in [-0.39, 0.29) is 11.0 Å². The molecule has 0 bridgehead atoms. The molecule has 6 heteroatoms. The minimum Gasteiger partial charge on any atom is -0.438 e. The van der Waals surface area contributed by atoms with Gasteiger partial charge in [0.15, 0.2) is 0 Å². The minimum atomic E-state index is 0.220. The molecule has 0 amide bonds. The second kappa shape index (κ2) is 5.70. The zero-order chi connectivity index (χ0) is 13.1. The maximum Gasteiger partial charge on any atom is 0.222 e. The van der Waals surface area contributed by atoms with Crippen LogP contribution in [0, 0.1) is 11.3 Å². The number of rotatable bonds is 2. The zero-order valence-electron chi connectivity index (χ0n) is 8.82.